The van der Waals surface area contributed by atoms with Gasteiger partial charge in [-0.15, -0.1) is 0 Å². The Morgan fingerprint density at radius 1 is 0.706 bits per heavy atom. The summed E-state index contributed by atoms with van der Waals surface area (Å²) in [6, 6.07) is 15.1. The van der Waals surface area contributed by atoms with Crippen molar-refractivity contribution in [3.8, 4) is 11.5 Å². The standard InChI is InChI=1S/C22H16BrF6O4P/c23-14-20(15-4-2-1-3-5-15)33-34(30,31-18-10-6-16(7-11-18)21(24,25)26)32-19-12-8-17(9-13-19)22(27,28)29/h1-13,20H,14H2. The predicted octanol–water partition coefficient (Wildman–Crippen LogP) is 8.44. The van der Waals surface area contributed by atoms with E-state index in [2.05, 4.69) is 15.9 Å². The molecule has 0 spiro atoms. The number of phosphoric ester groups is 1. The number of phosphoric acid groups is 1. The molecule has 0 fully saturated rings. The van der Waals surface area contributed by atoms with Crippen molar-refractivity contribution in [2.45, 2.75) is 18.5 Å². The van der Waals surface area contributed by atoms with Crippen LogP contribution in [0.5, 0.6) is 11.5 Å². The van der Waals surface area contributed by atoms with E-state index in [0.29, 0.717) is 5.56 Å². The van der Waals surface area contributed by atoms with E-state index in [1.165, 1.54) is 0 Å². The molecule has 0 bridgehead atoms. The summed E-state index contributed by atoms with van der Waals surface area (Å²) in [4.78, 5) is 0. The van der Waals surface area contributed by atoms with Crippen LogP contribution in [0.4, 0.5) is 26.3 Å². The van der Waals surface area contributed by atoms with Crippen molar-refractivity contribution in [2.24, 2.45) is 0 Å². The van der Waals surface area contributed by atoms with Crippen molar-refractivity contribution in [1.29, 1.82) is 0 Å². The molecule has 0 aliphatic carbocycles. The summed E-state index contributed by atoms with van der Waals surface area (Å²) in [6.45, 7) is 0. The minimum Gasteiger partial charge on any atom is -0.395 e. The Morgan fingerprint density at radius 3 is 1.47 bits per heavy atom. The van der Waals surface area contributed by atoms with Gasteiger partial charge in [-0.1, -0.05) is 46.3 Å². The molecule has 4 nitrogen and oxygen atoms in total. The van der Waals surface area contributed by atoms with Gasteiger partial charge in [-0.25, -0.2) is 4.57 Å². The molecule has 0 amide bonds. The van der Waals surface area contributed by atoms with E-state index in [0.717, 1.165) is 48.5 Å². The molecule has 0 aliphatic heterocycles. The van der Waals surface area contributed by atoms with Gasteiger partial charge >= 0.3 is 20.2 Å². The number of hydrogen-bond donors (Lipinski definition) is 0. The van der Waals surface area contributed by atoms with Gasteiger partial charge in [-0.2, -0.15) is 26.3 Å². The van der Waals surface area contributed by atoms with Gasteiger partial charge in [0.25, 0.3) is 0 Å². The number of alkyl halides is 7. The van der Waals surface area contributed by atoms with Crippen molar-refractivity contribution >= 4 is 23.8 Å². The number of rotatable bonds is 8. The lowest BCUT2D eigenvalue weighted by Crippen LogP contribution is -2.12. The van der Waals surface area contributed by atoms with E-state index in [4.69, 9.17) is 13.6 Å². The third kappa shape index (κ3) is 7.01. The molecule has 182 valence electrons. The molecule has 0 N–H and O–H groups in total. The molecule has 0 radical (unpaired) electrons. The molecule has 0 heterocycles. The minimum atomic E-state index is -4.61. The Labute approximate surface area is 199 Å². The molecule has 1 unspecified atom stereocenters. The molecule has 12 heteroatoms. The average Bonchev–Trinajstić information content (AvgIpc) is 2.77. The summed E-state index contributed by atoms with van der Waals surface area (Å²) in [7, 11) is -4.61. The second-order valence-electron chi connectivity index (χ2n) is 6.83. The molecule has 0 aliphatic rings. The molecular formula is C22H16BrF6O4P. The molecular weight excluding hydrogens is 553 g/mol. The third-order valence-electron chi connectivity index (χ3n) is 4.37. The number of benzene rings is 3. The largest absolute Gasteiger partial charge is 0.588 e. The second-order valence-corrected chi connectivity index (χ2v) is 8.95. The monoisotopic (exact) mass is 568 g/mol. The highest BCUT2D eigenvalue weighted by Gasteiger charge is 2.37. The van der Waals surface area contributed by atoms with Crippen LogP contribution in [0.2, 0.25) is 0 Å². The van der Waals surface area contributed by atoms with Crippen LogP contribution in [-0.4, -0.2) is 5.33 Å². The molecule has 1 atom stereocenters. The van der Waals surface area contributed by atoms with Crippen LogP contribution >= 0.6 is 23.8 Å². The van der Waals surface area contributed by atoms with Crippen LogP contribution in [0.25, 0.3) is 0 Å². The fourth-order valence-electron chi connectivity index (χ4n) is 2.73. The Bertz CT molecular complexity index is 1060. The topological polar surface area (TPSA) is 44.8 Å². The zero-order valence-electron chi connectivity index (χ0n) is 17.0. The molecule has 3 rings (SSSR count). The van der Waals surface area contributed by atoms with Crippen molar-refractivity contribution in [3.63, 3.8) is 0 Å². The van der Waals surface area contributed by atoms with Gasteiger partial charge in [-0.3, -0.25) is 4.52 Å². The van der Waals surface area contributed by atoms with E-state index in [1.807, 2.05) is 0 Å². The summed E-state index contributed by atoms with van der Waals surface area (Å²) >= 11 is 3.23. The SMILES string of the molecule is O=P(Oc1ccc(C(F)(F)F)cc1)(Oc1ccc(C(F)(F)F)cc1)OC(CBr)c1ccccc1. The Kier molecular flexibility index (Phi) is 8.00. The molecule has 0 aromatic heterocycles. The van der Waals surface area contributed by atoms with Crippen molar-refractivity contribution < 1.29 is 44.5 Å². The van der Waals surface area contributed by atoms with E-state index >= 15 is 0 Å². The first kappa shape index (κ1) is 26.1. The number of halogens is 7. The molecule has 3 aromatic rings. The van der Waals surface area contributed by atoms with E-state index < -0.39 is 37.4 Å². The van der Waals surface area contributed by atoms with Crippen molar-refractivity contribution in [1.82, 2.24) is 0 Å². The molecule has 34 heavy (non-hydrogen) atoms. The number of hydrogen-bond acceptors (Lipinski definition) is 4. The zero-order chi connectivity index (χ0) is 25.0. The lowest BCUT2D eigenvalue weighted by Gasteiger charge is -2.24. The van der Waals surface area contributed by atoms with Gasteiger partial charge in [0.1, 0.15) is 17.6 Å². The zero-order valence-corrected chi connectivity index (χ0v) is 19.5. The first-order valence-corrected chi connectivity index (χ1v) is 12.1. The fraction of sp³-hybridized carbons (Fsp3) is 0.182. The predicted molar refractivity (Wildman–Crippen MR) is 116 cm³/mol. The van der Waals surface area contributed by atoms with E-state index in [9.17, 15) is 30.9 Å². The third-order valence-corrected chi connectivity index (χ3v) is 6.34. The maximum absolute atomic E-state index is 13.5. The van der Waals surface area contributed by atoms with Crippen LogP contribution < -0.4 is 9.05 Å². The van der Waals surface area contributed by atoms with Crippen LogP contribution in [0.15, 0.2) is 78.9 Å². The van der Waals surface area contributed by atoms with Crippen molar-refractivity contribution in [2.75, 3.05) is 5.33 Å². The van der Waals surface area contributed by atoms with Crippen LogP contribution in [0.3, 0.4) is 0 Å². The summed E-state index contributed by atoms with van der Waals surface area (Å²) in [6.07, 6.45) is -10.1. The van der Waals surface area contributed by atoms with Gasteiger partial charge in [-0.05, 0) is 54.1 Å². The highest BCUT2D eigenvalue weighted by atomic mass is 79.9. The Balaban J connectivity index is 1.91. The van der Waals surface area contributed by atoms with Crippen LogP contribution in [-0.2, 0) is 21.4 Å². The molecule has 0 saturated carbocycles. The smallest absolute Gasteiger partial charge is 0.395 e. The van der Waals surface area contributed by atoms with Gasteiger partial charge in [0.2, 0.25) is 0 Å². The normalized spacial score (nSPS) is 13.4. The maximum Gasteiger partial charge on any atom is 0.588 e. The highest BCUT2D eigenvalue weighted by Crippen LogP contribution is 2.53. The van der Waals surface area contributed by atoms with Gasteiger partial charge in [0.05, 0.1) is 11.1 Å². The van der Waals surface area contributed by atoms with Crippen LogP contribution in [0.1, 0.15) is 22.8 Å². The van der Waals surface area contributed by atoms with E-state index in [-0.39, 0.29) is 16.8 Å². The lowest BCUT2D eigenvalue weighted by molar-refractivity contribution is -0.138. The quantitative estimate of drug-likeness (QED) is 0.155. The van der Waals surface area contributed by atoms with E-state index in [1.54, 1.807) is 30.3 Å². The lowest BCUT2D eigenvalue weighted by atomic mass is 10.1. The molecule has 3 aromatic carbocycles. The Morgan fingerprint density at radius 2 is 1.12 bits per heavy atom. The molecule has 0 saturated heterocycles. The first-order valence-electron chi connectivity index (χ1n) is 9.53. The second kappa shape index (κ2) is 10.4. The summed E-state index contributed by atoms with van der Waals surface area (Å²) < 4.78 is 107. The summed E-state index contributed by atoms with van der Waals surface area (Å²) in [5, 5.41) is 0.133. The summed E-state index contributed by atoms with van der Waals surface area (Å²) in [5.41, 5.74) is -1.34. The van der Waals surface area contributed by atoms with Gasteiger partial charge in [0, 0.05) is 5.33 Å². The van der Waals surface area contributed by atoms with Crippen LogP contribution in [0, 0.1) is 0 Å². The van der Waals surface area contributed by atoms with Gasteiger partial charge in [0.15, 0.2) is 0 Å². The van der Waals surface area contributed by atoms with Gasteiger partial charge < -0.3 is 9.05 Å². The average molecular weight is 569 g/mol. The maximum atomic E-state index is 13.5. The highest BCUT2D eigenvalue weighted by molar-refractivity contribution is 9.09. The minimum absolute atomic E-state index is 0.133. The Hall–Kier alpha value is -2.49. The first-order chi connectivity index (χ1) is 15.9. The summed E-state index contributed by atoms with van der Waals surface area (Å²) in [5.74, 6) is -0.519. The fourth-order valence-corrected chi connectivity index (χ4v) is 4.83. The van der Waals surface area contributed by atoms with Crippen molar-refractivity contribution in [3.05, 3.63) is 95.6 Å².